The second-order valence-electron chi connectivity index (χ2n) is 14.1. The average molecular weight is 765 g/mol. The molecule has 2 N–H and O–H groups in total. The van der Waals surface area contributed by atoms with Crippen molar-refractivity contribution in [1.29, 1.82) is 0 Å². The topological polar surface area (TPSA) is 131 Å². The standard InChI is InChI=1S/C42H44N4O6S2/c1-41(2,30-53-35-15-8-5-9-16-35)43-38-23-22-36(28-39(38)46(48)49)54(50,51)44-40(47)32-18-20-34(21-19-32)45-26-24-42(52-3,25-27-45)29-33-14-10-11-17-37(33)31-12-6-4-7-13-31/h4-23,28,43H,24-27,29-30H2,1-3H3,(H,44,47). The lowest BCUT2D eigenvalue weighted by Crippen LogP contribution is -2.47. The monoisotopic (exact) mass is 764 g/mol. The molecule has 54 heavy (non-hydrogen) atoms. The van der Waals surface area contributed by atoms with Crippen molar-refractivity contribution in [2.75, 3.05) is 36.2 Å². The van der Waals surface area contributed by atoms with Crippen LogP contribution in [-0.4, -0.2) is 56.3 Å². The lowest BCUT2D eigenvalue weighted by molar-refractivity contribution is -0.384. The summed E-state index contributed by atoms with van der Waals surface area (Å²) in [7, 11) is -2.65. The van der Waals surface area contributed by atoms with Gasteiger partial charge in [0.25, 0.3) is 21.6 Å². The number of carbonyl (C=O) groups excluding carboxylic acids is 1. The molecule has 0 spiro atoms. The van der Waals surface area contributed by atoms with Crippen LogP contribution in [0.4, 0.5) is 17.1 Å². The molecule has 5 aromatic rings. The number of nitro benzene ring substituents is 1. The maximum atomic E-state index is 13.3. The Hall–Kier alpha value is -5.17. The normalized spacial score (nSPS) is 14.3. The quantitative estimate of drug-likeness (QED) is 0.0649. The molecule has 280 valence electrons. The Kier molecular flexibility index (Phi) is 11.8. The highest BCUT2D eigenvalue weighted by molar-refractivity contribution is 7.99. The summed E-state index contributed by atoms with van der Waals surface area (Å²) in [6, 6.07) is 38.9. The number of hydrogen-bond acceptors (Lipinski definition) is 9. The van der Waals surface area contributed by atoms with Gasteiger partial charge in [0.15, 0.2) is 0 Å². The van der Waals surface area contributed by atoms with E-state index in [0.717, 1.165) is 49.0 Å². The number of methoxy groups -OCH3 is 1. The van der Waals surface area contributed by atoms with Crippen LogP contribution in [-0.2, 0) is 21.2 Å². The van der Waals surface area contributed by atoms with Crippen LogP contribution in [0.3, 0.4) is 0 Å². The molecule has 1 aliphatic rings. The van der Waals surface area contributed by atoms with E-state index < -0.39 is 32.1 Å². The van der Waals surface area contributed by atoms with Gasteiger partial charge in [0, 0.05) is 60.1 Å². The van der Waals surface area contributed by atoms with E-state index in [-0.39, 0.29) is 21.7 Å². The number of ether oxygens (including phenoxy) is 1. The molecular weight excluding hydrogens is 721 g/mol. The molecule has 0 saturated carbocycles. The van der Waals surface area contributed by atoms with E-state index in [1.54, 1.807) is 43.1 Å². The Bertz CT molecular complexity index is 2190. The Morgan fingerprint density at radius 2 is 1.52 bits per heavy atom. The van der Waals surface area contributed by atoms with Gasteiger partial charge in [-0.3, -0.25) is 14.9 Å². The first-order valence-corrected chi connectivity index (χ1v) is 20.2. The SMILES string of the molecule is COC1(Cc2ccccc2-c2ccccc2)CCN(c2ccc(C(=O)NS(=O)(=O)c3ccc(NC(C)(C)CSc4ccccc4)c([N+](=O)[O-])c3)cc2)CC1. The third-order valence-electron chi connectivity index (χ3n) is 9.74. The zero-order chi connectivity index (χ0) is 38.3. The minimum atomic E-state index is -4.42. The largest absolute Gasteiger partial charge is 0.378 e. The number of rotatable bonds is 14. The highest BCUT2D eigenvalue weighted by atomic mass is 32.2. The van der Waals surface area contributed by atoms with Gasteiger partial charge in [-0.2, -0.15) is 0 Å². The second-order valence-corrected chi connectivity index (χ2v) is 16.8. The first-order valence-electron chi connectivity index (χ1n) is 17.7. The van der Waals surface area contributed by atoms with Crippen LogP contribution in [0.15, 0.2) is 137 Å². The van der Waals surface area contributed by atoms with Crippen molar-refractivity contribution in [2.24, 2.45) is 0 Å². The lowest BCUT2D eigenvalue weighted by atomic mass is 9.82. The van der Waals surface area contributed by atoms with Gasteiger partial charge in [-0.25, -0.2) is 13.1 Å². The molecule has 10 nitrogen and oxygen atoms in total. The number of nitro groups is 1. The molecule has 1 heterocycles. The van der Waals surface area contributed by atoms with Gasteiger partial charge in [0.05, 0.1) is 15.4 Å². The van der Waals surface area contributed by atoms with Crippen molar-refractivity contribution in [2.45, 2.75) is 54.0 Å². The van der Waals surface area contributed by atoms with Crippen LogP contribution in [0.5, 0.6) is 0 Å². The number of thioether (sulfide) groups is 1. The molecule has 0 radical (unpaired) electrons. The van der Waals surface area contributed by atoms with Crippen molar-refractivity contribution >= 4 is 44.8 Å². The van der Waals surface area contributed by atoms with Crippen molar-refractivity contribution in [3.05, 3.63) is 149 Å². The predicted molar refractivity (Wildman–Crippen MR) is 216 cm³/mol. The fraction of sp³-hybridized carbons (Fsp3) is 0.262. The molecule has 1 aliphatic heterocycles. The summed E-state index contributed by atoms with van der Waals surface area (Å²) >= 11 is 1.60. The molecule has 0 unspecified atom stereocenters. The smallest absolute Gasteiger partial charge is 0.293 e. The predicted octanol–water partition coefficient (Wildman–Crippen LogP) is 8.59. The third kappa shape index (κ3) is 9.30. The Morgan fingerprint density at radius 1 is 0.889 bits per heavy atom. The molecular formula is C42H44N4O6S2. The number of nitrogens with one attached hydrogen (secondary N) is 2. The number of anilines is 2. The summed E-state index contributed by atoms with van der Waals surface area (Å²) in [5, 5.41) is 15.2. The molecule has 5 aromatic carbocycles. The first kappa shape index (κ1) is 38.6. The fourth-order valence-electron chi connectivity index (χ4n) is 6.73. The van der Waals surface area contributed by atoms with E-state index in [0.29, 0.717) is 5.75 Å². The molecule has 1 saturated heterocycles. The van der Waals surface area contributed by atoms with E-state index in [1.807, 2.05) is 62.4 Å². The number of piperidine rings is 1. The molecule has 6 rings (SSSR count). The van der Waals surface area contributed by atoms with Crippen LogP contribution in [0.25, 0.3) is 11.1 Å². The van der Waals surface area contributed by atoms with Gasteiger partial charge in [0.1, 0.15) is 5.69 Å². The Balaban J connectivity index is 1.08. The zero-order valence-electron chi connectivity index (χ0n) is 30.5. The Morgan fingerprint density at radius 3 is 2.17 bits per heavy atom. The molecule has 0 bridgehead atoms. The maximum Gasteiger partial charge on any atom is 0.293 e. The summed E-state index contributed by atoms with van der Waals surface area (Å²) in [6.07, 6.45) is 2.39. The van der Waals surface area contributed by atoms with Crippen molar-refractivity contribution in [1.82, 2.24) is 4.72 Å². The first-order chi connectivity index (χ1) is 25.9. The van der Waals surface area contributed by atoms with Gasteiger partial charge in [0.2, 0.25) is 0 Å². The Labute approximate surface area is 321 Å². The van der Waals surface area contributed by atoms with Crippen molar-refractivity contribution < 1.29 is 22.9 Å². The minimum Gasteiger partial charge on any atom is -0.378 e. The minimum absolute atomic E-state index is 0.147. The van der Waals surface area contributed by atoms with E-state index in [9.17, 15) is 23.3 Å². The lowest BCUT2D eigenvalue weighted by Gasteiger charge is -2.42. The van der Waals surface area contributed by atoms with Crippen LogP contribution in [0, 0.1) is 10.1 Å². The van der Waals surface area contributed by atoms with E-state index in [1.165, 1.54) is 28.8 Å². The van der Waals surface area contributed by atoms with E-state index in [2.05, 4.69) is 51.3 Å². The second kappa shape index (κ2) is 16.5. The maximum absolute atomic E-state index is 13.3. The summed E-state index contributed by atoms with van der Waals surface area (Å²) in [5.41, 5.74) is 3.55. The average Bonchev–Trinajstić information content (AvgIpc) is 3.18. The number of benzene rings is 5. The van der Waals surface area contributed by atoms with Gasteiger partial charge in [-0.05, 0) is 91.9 Å². The highest BCUT2D eigenvalue weighted by Gasteiger charge is 2.36. The van der Waals surface area contributed by atoms with E-state index in [4.69, 9.17) is 4.74 Å². The number of sulfonamides is 1. The summed E-state index contributed by atoms with van der Waals surface area (Å²) in [5.74, 6) is -0.238. The molecule has 0 aliphatic carbocycles. The zero-order valence-corrected chi connectivity index (χ0v) is 32.2. The van der Waals surface area contributed by atoms with Crippen molar-refractivity contribution in [3.63, 3.8) is 0 Å². The van der Waals surface area contributed by atoms with Crippen molar-refractivity contribution in [3.8, 4) is 11.1 Å². The highest BCUT2D eigenvalue weighted by Crippen LogP contribution is 2.36. The number of nitrogens with zero attached hydrogens (tertiary/aromatic N) is 2. The number of amides is 1. The number of carbonyl (C=O) groups is 1. The van der Waals surface area contributed by atoms with Crippen LogP contribution in [0.2, 0.25) is 0 Å². The summed E-state index contributed by atoms with van der Waals surface area (Å²) in [6.45, 7) is 5.31. The molecule has 12 heteroatoms. The number of hydrogen-bond donors (Lipinski definition) is 2. The van der Waals surface area contributed by atoms with E-state index >= 15 is 0 Å². The van der Waals surface area contributed by atoms with Gasteiger partial charge in [-0.15, -0.1) is 11.8 Å². The molecule has 1 amide bonds. The van der Waals surface area contributed by atoms with Gasteiger partial charge < -0.3 is 15.0 Å². The molecule has 0 atom stereocenters. The summed E-state index contributed by atoms with van der Waals surface area (Å²) in [4.78, 5) is 27.5. The summed E-state index contributed by atoms with van der Waals surface area (Å²) < 4.78 is 34.8. The third-order valence-corrected chi connectivity index (χ3v) is 12.5. The van der Waals surface area contributed by atoms with Crippen LogP contribution >= 0.6 is 11.8 Å². The van der Waals surface area contributed by atoms with Crippen LogP contribution < -0.4 is 14.9 Å². The van der Waals surface area contributed by atoms with Gasteiger partial charge in [-0.1, -0.05) is 72.8 Å². The molecule has 1 fully saturated rings. The fourth-order valence-corrected chi connectivity index (χ4v) is 8.67. The van der Waals surface area contributed by atoms with Crippen LogP contribution in [0.1, 0.15) is 42.6 Å². The molecule has 0 aromatic heterocycles. The van der Waals surface area contributed by atoms with Gasteiger partial charge >= 0.3 is 0 Å².